The molecule has 82 heavy (non-hydrogen) atoms. The maximum absolute atomic E-state index is 15.7. The van der Waals surface area contributed by atoms with Gasteiger partial charge in [0.1, 0.15) is 5.76 Å². The van der Waals surface area contributed by atoms with E-state index >= 15 is 26.3 Å². The summed E-state index contributed by atoms with van der Waals surface area (Å²) in [5, 5.41) is 9.65. The second-order valence-electron chi connectivity index (χ2n) is 20.3. The summed E-state index contributed by atoms with van der Waals surface area (Å²) in [6, 6.07) is 35.8. The van der Waals surface area contributed by atoms with E-state index in [2.05, 4.69) is 19.5 Å². The third kappa shape index (κ3) is 11.5. The molecule has 0 radical (unpaired) electrons. The number of benzene rings is 5. The van der Waals surface area contributed by atoms with Crippen LogP contribution in [0.25, 0.3) is 15.3 Å². The number of anilines is 4. The summed E-state index contributed by atoms with van der Waals surface area (Å²) in [6.07, 6.45) is 1.96. The standard InChI is InChI=1S/C65H58ClF6N5O5/c1-74-55(40-73)62-61(75-2)54(63(82-62,65(70,71)72)45-14-8-7-9-15-45)33-25-44-37-46(64(67,68)69)36-43(60(44)66)24-32-53(41-20-26-49(27-21-41)76(47-16-10-11-17-47)51-30-34-56(78-3)58(38-51)80-5)42-22-28-50(29-23-42)77(48-18-12-13-19-48)52-31-35-57(79-4)59(39-52)81-6/h7-9,14-15,20-35,38-39,46-48H,10-13,16-19,36-37H2,3-6H3/b33-25+,43-24+,62-55+. The van der Waals surface area contributed by atoms with Gasteiger partial charge < -0.3 is 33.5 Å². The SMILES string of the molecule is [C-]#[N+]C1=C(/C=C/C2=C(Cl)C(=C/C=C(c3ccc(N(c4ccc(OC)c(OC)c4)C4CCCC4)cc3)c3ccc(N(c4ccc(OC)c(OC)c4)C4CCCC4)cc3)/CC(C(F)(F)F)C2)C(c2ccccc2)(C(F)(F)F)O/C1=C(\C#N)[N+]#[C-]. The number of rotatable bonds is 16. The average Bonchev–Trinajstić information content (AvgIpc) is 4.44. The Balaban J connectivity index is 1.19. The van der Waals surface area contributed by atoms with Gasteiger partial charge in [-0.2, -0.15) is 26.3 Å². The average molecular weight is 1140 g/mol. The van der Waals surface area contributed by atoms with Crippen LogP contribution in [0.15, 0.2) is 178 Å². The van der Waals surface area contributed by atoms with Crippen molar-refractivity contribution in [1.29, 1.82) is 5.26 Å². The zero-order chi connectivity index (χ0) is 58.3. The monoisotopic (exact) mass is 1140 g/mol. The molecule has 0 bridgehead atoms. The van der Waals surface area contributed by atoms with E-state index in [0.717, 1.165) is 110 Å². The summed E-state index contributed by atoms with van der Waals surface area (Å²) in [7, 11) is 6.35. The molecular formula is C65H58ClF6N5O5. The van der Waals surface area contributed by atoms with Crippen LogP contribution >= 0.6 is 11.6 Å². The summed E-state index contributed by atoms with van der Waals surface area (Å²) in [5.41, 5.74) is -0.792. The third-order valence-corrected chi connectivity index (χ3v) is 16.2. The van der Waals surface area contributed by atoms with Crippen LogP contribution in [0.3, 0.4) is 0 Å². The first-order valence-electron chi connectivity index (χ1n) is 26.8. The number of hydrogen-bond donors (Lipinski definition) is 0. The number of allylic oxidation sites excluding steroid dienone is 7. The Morgan fingerprint density at radius 1 is 0.671 bits per heavy atom. The minimum absolute atomic E-state index is 0.0647. The molecule has 0 amide bonds. The largest absolute Gasteiger partial charge is 0.493 e. The number of methoxy groups -OCH3 is 4. The van der Waals surface area contributed by atoms with E-state index in [-0.39, 0.29) is 28.3 Å². The molecule has 1 aliphatic heterocycles. The van der Waals surface area contributed by atoms with E-state index in [0.29, 0.717) is 28.6 Å². The highest BCUT2D eigenvalue weighted by atomic mass is 35.5. The number of nitriles is 1. The lowest BCUT2D eigenvalue weighted by Crippen LogP contribution is -2.43. The van der Waals surface area contributed by atoms with Gasteiger partial charge in [-0.05, 0) is 115 Å². The van der Waals surface area contributed by atoms with Crippen molar-refractivity contribution in [3.05, 3.63) is 218 Å². The zero-order valence-electron chi connectivity index (χ0n) is 45.5. The minimum atomic E-state index is -5.31. The van der Waals surface area contributed by atoms with E-state index < -0.39 is 65.0 Å². The zero-order valence-corrected chi connectivity index (χ0v) is 46.3. The van der Waals surface area contributed by atoms with Gasteiger partial charge in [0.05, 0.1) is 53.6 Å². The maximum atomic E-state index is 15.7. The normalized spacial score (nSPS) is 19.8. The van der Waals surface area contributed by atoms with E-state index in [4.69, 9.17) is 48.4 Å². The van der Waals surface area contributed by atoms with Crippen molar-refractivity contribution in [2.24, 2.45) is 5.92 Å². The predicted molar refractivity (Wildman–Crippen MR) is 305 cm³/mol. The lowest BCUT2D eigenvalue weighted by atomic mass is 9.82. The van der Waals surface area contributed by atoms with Gasteiger partial charge in [-0.15, -0.1) is 0 Å². The highest BCUT2D eigenvalue weighted by Gasteiger charge is 2.64. The molecular weight excluding hydrogens is 1080 g/mol. The van der Waals surface area contributed by atoms with Gasteiger partial charge in [0.25, 0.3) is 5.70 Å². The fourth-order valence-corrected chi connectivity index (χ4v) is 11.9. The Morgan fingerprint density at radius 3 is 1.59 bits per heavy atom. The second kappa shape index (κ2) is 24.7. The molecule has 4 aliphatic rings. The highest BCUT2D eigenvalue weighted by Crippen LogP contribution is 2.57. The molecule has 0 aromatic heterocycles. The molecule has 10 nitrogen and oxygen atoms in total. The van der Waals surface area contributed by atoms with Crippen molar-refractivity contribution >= 4 is 39.9 Å². The molecule has 3 aliphatic carbocycles. The summed E-state index contributed by atoms with van der Waals surface area (Å²) in [4.78, 5) is 10.9. The van der Waals surface area contributed by atoms with E-state index in [1.807, 2.05) is 84.9 Å². The third-order valence-electron chi connectivity index (χ3n) is 15.7. The van der Waals surface area contributed by atoms with E-state index in [1.165, 1.54) is 30.3 Å². The van der Waals surface area contributed by atoms with E-state index in [1.54, 1.807) is 34.5 Å². The van der Waals surface area contributed by atoms with Crippen LogP contribution in [-0.4, -0.2) is 52.9 Å². The molecule has 0 saturated heterocycles. The number of alkyl halides is 6. The minimum Gasteiger partial charge on any atom is -0.493 e. The topological polar surface area (TPSA) is 85.1 Å². The Kier molecular flexibility index (Phi) is 17.5. The number of hydrogen-bond acceptors (Lipinski definition) is 8. The highest BCUT2D eigenvalue weighted by molar-refractivity contribution is 6.32. The fraction of sp³-hybridized carbons (Fsp3) is 0.308. The van der Waals surface area contributed by atoms with Crippen LogP contribution in [-0.2, 0) is 10.3 Å². The molecule has 2 fully saturated rings. The summed E-state index contributed by atoms with van der Waals surface area (Å²) in [6.45, 7) is 15.5. The first-order valence-corrected chi connectivity index (χ1v) is 27.1. The molecule has 0 spiro atoms. The van der Waals surface area contributed by atoms with Crippen molar-refractivity contribution in [1.82, 2.24) is 0 Å². The Morgan fingerprint density at radius 2 is 1.16 bits per heavy atom. The van der Waals surface area contributed by atoms with Gasteiger partial charge in [-0.1, -0.05) is 116 Å². The molecule has 1 heterocycles. The van der Waals surface area contributed by atoms with Crippen LogP contribution in [0, 0.1) is 30.4 Å². The lowest BCUT2D eigenvalue weighted by Gasteiger charge is -2.34. The first-order chi connectivity index (χ1) is 39.5. The Bertz CT molecular complexity index is 3360. The quantitative estimate of drug-likeness (QED) is 0.0549. The van der Waals surface area contributed by atoms with Crippen LogP contribution < -0.4 is 28.7 Å². The summed E-state index contributed by atoms with van der Waals surface area (Å²) in [5.74, 6) is -0.558. The first kappa shape index (κ1) is 58.1. The van der Waals surface area contributed by atoms with Crippen LogP contribution in [0.1, 0.15) is 80.9 Å². The molecule has 2 saturated carbocycles. The molecule has 2 atom stereocenters. The molecule has 2 unspecified atom stereocenters. The van der Waals surface area contributed by atoms with Crippen molar-refractivity contribution in [2.45, 2.75) is 94.2 Å². The molecule has 17 heteroatoms. The summed E-state index contributed by atoms with van der Waals surface area (Å²) < 4.78 is 121. The van der Waals surface area contributed by atoms with Gasteiger partial charge in [0, 0.05) is 63.1 Å². The van der Waals surface area contributed by atoms with Gasteiger partial charge >= 0.3 is 12.4 Å². The van der Waals surface area contributed by atoms with E-state index in [9.17, 15) is 5.26 Å². The molecule has 5 aromatic rings. The van der Waals surface area contributed by atoms with Gasteiger partial charge in [0.2, 0.25) is 11.3 Å². The molecule has 9 rings (SSSR count). The lowest BCUT2D eigenvalue weighted by molar-refractivity contribution is -0.249. The number of ether oxygens (including phenoxy) is 5. The molecule has 422 valence electrons. The predicted octanol–water partition coefficient (Wildman–Crippen LogP) is 17.6. The Hall–Kier alpha value is -8.52. The van der Waals surface area contributed by atoms with Crippen molar-refractivity contribution < 1.29 is 50.0 Å². The number of nitrogens with zero attached hydrogens (tertiary/aromatic N) is 5. The number of halogens is 7. The molecule has 0 N–H and O–H groups in total. The van der Waals surface area contributed by atoms with Crippen LogP contribution in [0.4, 0.5) is 49.1 Å². The fourth-order valence-electron chi connectivity index (χ4n) is 11.6. The molecule has 5 aromatic carbocycles. The Labute approximate surface area is 478 Å². The van der Waals surface area contributed by atoms with Crippen molar-refractivity contribution in [2.75, 3.05) is 38.2 Å². The van der Waals surface area contributed by atoms with Crippen molar-refractivity contribution in [3.63, 3.8) is 0 Å². The second-order valence-corrected chi connectivity index (χ2v) is 20.7. The smallest absolute Gasteiger partial charge is 0.435 e. The van der Waals surface area contributed by atoms with Gasteiger partial charge in [0.15, 0.2) is 23.0 Å². The van der Waals surface area contributed by atoms with Gasteiger partial charge in [-0.3, -0.25) is 0 Å². The van der Waals surface area contributed by atoms with Gasteiger partial charge in [-0.25, -0.2) is 15.0 Å². The van der Waals surface area contributed by atoms with Crippen LogP contribution in [0.5, 0.6) is 23.0 Å². The van der Waals surface area contributed by atoms with Crippen LogP contribution in [0.2, 0.25) is 0 Å². The summed E-state index contributed by atoms with van der Waals surface area (Å²) >= 11 is 7.13. The van der Waals surface area contributed by atoms with Crippen molar-refractivity contribution in [3.8, 4) is 29.1 Å². The maximum Gasteiger partial charge on any atom is 0.435 e.